The summed E-state index contributed by atoms with van der Waals surface area (Å²) in [5.41, 5.74) is 4.37. The molecule has 13 heteroatoms. The highest BCUT2D eigenvalue weighted by Crippen LogP contribution is 2.32. The second-order valence-corrected chi connectivity index (χ2v) is 8.16. The molecule has 1 fully saturated rings. The van der Waals surface area contributed by atoms with Gasteiger partial charge in [-0.05, 0) is 25.5 Å². The average Bonchev–Trinajstić information content (AvgIpc) is 2.87. The highest BCUT2D eigenvalue weighted by atomic mass is 17.2. The number of benzene rings is 1. The molecule has 1 heterocycles. The second-order valence-electron chi connectivity index (χ2n) is 8.16. The molecule has 1 aliphatic rings. The zero-order valence-corrected chi connectivity index (χ0v) is 20.6. The molecule has 0 aromatic heterocycles. The lowest BCUT2D eigenvalue weighted by Crippen LogP contribution is -2.73. The van der Waals surface area contributed by atoms with Crippen LogP contribution in [0.1, 0.15) is 56.8 Å². The molecule has 3 unspecified atom stereocenters. The van der Waals surface area contributed by atoms with Gasteiger partial charge in [0.25, 0.3) is 5.91 Å². The number of amides is 3. The molecule has 0 aliphatic carbocycles. The number of nitrogens with one attached hydrogen (secondary N) is 2. The maximum Gasteiger partial charge on any atom is 0.407 e. The number of carbonyl (C=O) groups excluding carboxylic acids is 4. The summed E-state index contributed by atoms with van der Waals surface area (Å²) in [5, 5.41) is 17.9. The molecule has 1 aliphatic heterocycles. The van der Waals surface area contributed by atoms with Crippen LogP contribution in [0.15, 0.2) is 35.5 Å². The molecule has 1 saturated heterocycles. The van der Waals surface area contributed by atoms with Gasteiger partial charge in [0, 0.05) is 31.9 Å². The Morgan fingerprint density at radius 2 is 1.89 bits per heavy atom. The zero-order chi connectivity index (χ0) is 26.7. The van der Waals surface area contributed by atoms with Crippen molar-refractivity contribution < 1.29 is 38.9 Å². The van der Waals surface area contributed by atoms with Gasteiger partial charge in [0.15, 0.2) is 5.84 Å². The summed E-state index contributed by atoms with van der Waals surface area (Å²) in [6.07, 6.45) is -0.685. The van der Waals surface area contributed by atoms with Crippen molar-refractivity contribution in [1.29, 1.82) is 0 Å². The summed E-state index contributed by atoms with van der Waals surface area (Å²) in [7, 11) is 0. The van der Waals surface area contributed by atoms with Gasteiger partial charge in [0.2, 0.25) is 11.5 Å². The van der Waals surface area contributed by atoms with Crippen LogP contribution in [0.25, 0.3) is 0 Å². The number of nitrogens with zero attached hydrogens (tertiary/aromatic N) is 2. The molecule has 1 aromatic rings. The monoisotopic (exact) mass is 507 g/mol. The number of oxime groups is 1. The minimum absolute atomic E-state index is 0.0504. The summed E-state index contributed by atoms with van der Waals surface area (Å²) >= 11 is 0. The fourth-order valence-corrected chi connectivity index (χ4v) is 3.82. The van der Waals surface area contributed by atoms with Crippen LogP contribution in [0.2, 0.25) is 0 Å². The molecular weight excluding hydrogens is 474 g/mol. The van der Waals surface area contributed by atoms with Gasteiger partial charge in [-0.15, -0.1) is 0 Å². The van der Waals surface area contributed by atoms with Crippen LogP contribution >= 0.6 is 0 Å². The lowest BCUT2D eigenvalue weighted by Gasteiger charge is -2.48. The molecule has 0 saturated carbocycles. The zero-order valence-electron chi connectivity index (χ0n) is 20.6. The first kappa shape index (κ1) is 28.4. The van der Waals surface area contributed by atoms with Crippen LogP contribution < -0.4 is 16.4 Å². The number of alkyl carbamates (subject to hydrolysis) is 1. The number of unbranched alkanes of at least 4 members (excludes halogenated alkanes) is 1. The smallest absolute Gasteiger partial charge is 0.407 e. The number of amidine groups is 1. The Morgan fingerprint density at radius 3 is 2.47 bits per heavy atom. The molecular formula is C23H33N5O8. The van der Waals surface area contributed by atoms with Crippen LogP contribution in [0, 0.1) is 0 Å². The Bertz CT molecular complexity index is 957. The topological polar surface area (TPSA) is 182 Å². The fourth-order valence-electron chi connectivity index (χ4n) is 3.82. The van der Waals surface area contributed by atoms with Crippen molar-refractivity contribution in [3.05, 3.63) is 35.9 Å². The SMILES string of the molecule is CCCCC(=O)N1CC(NC(=O)OCC)C(OOC(C)=O)(C(N)=NO)CC1NC(=O)c1ccccc1. The fraction of sp³-hybridized carbons (Fsp3) is 0.522. The molecule has 2 rings (SSSR count). The Balaban J connectivity index is 2.52. The van der Waals surface area contributed by atoms with Gasteiger partial charge in [0.1, 0.15) is 6.17 Å². The van der Waals surface area contributed by atoms with Crippen LogP contribution in [-0.4, -0.2) is 70.8 Å². The molecule has 13 nitrogen and oxygen atoms in total. The predicted molar refractivity (Wildman–Crippen MR) is 126 cm³/mol. The minimum Gasteiger partial charge on any atom is -0.450 e. The van der Waals surface area contributed by atoms with E-state index in [2.05, 4.69) is 15.8 Å². The van der Waals surface area contributed by atoms with Gasteiger partial charge in [-0.25, -0.2) is 9.59 Å². The maximum absolute atomic E-state index is 13.2. The van der Waals surface area contributed by atoms with E-state index in [0.29, 0.717) is 12.0 Å². The third-order valence-corrected chi connectivity index (χ3v) is 5.63. The van der Waals surface area contributed by atoms with Crippen molar-refractivity contribution in [2.24, 2.45) is 10.9 Å². The van der Waals surface area contributed by atoms with Crippen LogP contribution in [0.3, 0.4) is 0 Å². The third kappa shape index (κ3) is 7.07. The number of piperidine rings is 1. The van der Waals surface area contributed by atoms with Crippen molar-refractivity contribution >= 4 is 29.7 Å². The summed E-state index contributed by atoms with van der Waals surface area (Å²) in [6, 6.07) is 7.13. The summed E-state index contributed by atoms with van der Waals surface area (Å²) in [6.45, 7) is 4.42. The van der Waals surface area contributed by atoms with E-state index in [1.807, 2.05) is 6.92 Å². The number of carbonyl (C=O) groups is 4. The van der Waals surface area contributed by atoms with E-state index in [-0.39, 0.29) is 31.9 Å². The van der Waals surface area contributed by atoms with Gasteiger partial charge in [0.05, 0.1) is 12.6 Å². The van der Waals surface area contributed by atoms with Crippen molar-refractivity contribution in [2.45, 2.75) is 64.3 Å². The van der Waals surface area contributed by atoms with Crippen molar-refractivity contribution in [1.82, 2.24) is 15.5 Å². The number of nitrogens with two attached hydrogens (primary N) is 1. The molecule has 5 N–H and O–H groups in total. The molecule has 3 atom stereocenters. The molecule has 0 spiro atoms. The number of ether oxygens (including phenoxy) is 1. The van der Waals surface area contributed by atoms with E-state index < -0.39 is 41.6 Å². The molecule has 36 heavy (non-hydrogen) atoms. The van der Waals surface area contributed by atoms with Crippen LogP contribution in [0.4, 0.5) is 4.79 Å². The van der Waals surface area contributed by atoms with Gasteiger partial charge >= 0.3 is 12.1 Å². The first-order valence-electron chi connectivity index (χ1n) is 11.6. The molecule has 198 valence electrons. The number of rotatable bonds is 10. The van der Waals surface area contributed by atoms with Crippen molar-refractivity contribution in [2.75, 3.05) is 13.2 Å². The highest BCUT2D eigenvalue weighted by Gasteiger charge is 2.55. The summed E-state index contributed by atoms with van der Waals surface area (Å²) in [5.74, 6) is -2.19. The third-order valence-electron chi connectivity index (χ3n) is 5.63. The number of likely N-dealkylation sites (tertiary alicyclic amines) is 1. The lowest BCUT2D eigenvalue weighted by atomic mass is 9.83. The summed E-state index contributed by atoms with van der Waals surface area (Å²) in [4.78, 5) is 61.5. The van der Waals surface area contributed by atoms with Gasteiger partial charge in [-0.2, -0.15) is 4.89 Å². The Labute approximate surface area is 208 Å². The first-order chi connectivity index (χ1) is 17.2. The Hall–Kier alpha value is -3.87. The van der Waals surface area contributed by atoms with Gasteiger partial charge in [-0.1, -0.05) is 36.7 Å². The van der Waals surface area contributed by atoms with E-state index in [1.165, 1.54) is 4.90 Å². The lowest BCUT2D eigenvalue weighted by molar-refractivity contribution is -0.327. The van der Waals surface area contributed by atoms with Crippen LogP contribution in [-0.2, 0) is 24.1 Å². The standard InChI is InChI=1S/C23H33N5O8/c1-4-6-12-19(30)28-14-17(25-22(32)34-5-2)23(21(24)27-33,36-35-15(3)29)13-18(28)26-20(31)16-10-8-7-9-11-16/h7-11,17-18,33H,4-6,12-14H2,1-3H3,(H2,24,27)(H,25,32)(H,26,31). The number of hydrogen-bond acceptors (Lipinski definition) is 9. The van der Waals surface area contributed by atoms with E-state index in [1.54, 1.807) is 37.3 Å². The van der Waals surface area contributed by atoms with Crippen molar-refractivity contribution in [3.63, 3.8) is 0 Å². The summed E-state index contributed by atoms with van der Waals surface area (Å²) < 4.78 is 4.96. The molecule has 1 aromatic carbocycles. The Morgan fingerprint density at radius 1 is 1.19 bits per heavy atom. The largest absolute Gasteiger partial charge is 0.450 e. The van der Waals surface area contributed by atoms with E-state index in [9.17, 15) is 24.4 Å². The van der Waals surface area contributed by atoms with Crippen molar-refractivity contribution in [3.8, 4) is 0 Å². The normalized spacial score (nSPS) is 21.9. The maximum atomic E-state index is 13.2. The Kier molecular flexibility index (Phi) is 10.5. The van der Waals surface area contributed by atoms with Crippen LogP contribution in [0.5, 0.6) is 0 Å². The molecule has 3 amide bonds. The van der Waals surface area contributed by atoms with E-state index >= 15 is 0 Å². The minimum atomic E-state index is -1.96. The van der Waals surface area contributed by atoms with Gasteiger partial charge in [-0.3, -0.25) is 14.5 Å². The predicted octanol–water partition coefficient (Wildman–Crippen LogP) is 1.26. The first-order valence-corrected chi connectivity index (χ1v) is 11.6. The molecule has 0 radical (unpaired) electrons. The number of hydrogen-bond donors (Lipinski definition) is 4. The quantitative estimate of drug-likeness (QED) is 0.119. The average molecular weight is 508 g/mol. The van der Waals surface area contributed by atoms with E-state index in [4.69, 9.17) is 20.2 Å². The second kappa shape index (κ2) is 13.3. The highest BCUT2D eigenvalue weighted by molar-refractivity contribution is 5.95. The van der Waals surface area contributed by atoms with E-state index in [0.717, 1.165) is 13.3 Å². The molecule has 0 bridgehead atoms. The van der Waals surface area contributed by atoms with Gasteiger partial charge < -0.3 is 31.2 Å².